The molecular formula is C16H15FN4OS. The van der Waals surface area contributed by atoms with Crippen molar-refractivity contribution in [2.24, 2.45) is 0 Å². The van der Waals surface area contributed by atoms with E-state index in [0.29, 0.717) is 17.9 Å². The monoisotopic (exact) mass is 330 g/mol. The van der Waals surface area contributed by atoms with E-state index >= 15 is 0 Å². The fourth-order valence-corrected chi connectivity index (χ4v) is 2.90. The van der Waals surface area contributed by atoms with Crippen molar-refractivity contribution < 1.29 is 9.18 Å². The number of nitrogens with one attached hydrogen (secondary N) is 1. The summed E-state index contributed by atoms with van der Waals surface area (Å²) in [5.41, 5.74) is 0.781. The van der Waals surface area contributed by atoms with Crippen LogP contribution in [0.25, 0.3) is 5.65 Å². The summed E-state index contributed by atoms with van der Waals surface area (Å²) in [6, 6.07) is 12.1. The van der Waals surface area contributed by atoms with Crippen molar-refractivity contribution >= 4 is 23.3 Å². The highest BCUT2D eigenvalue weighted by atomic mass is 32.2. The molecule has 0 atom stereocenters. The minimum Gasteiger partial charge on any atom is -0.355 e. The lowest BCUT2D eigenvalue weighted by Crippen LogP contribution is -2.27. The van der Waals surface area contributed by atoms with Crippen molar-refractivity contribution in [1.82, 2.24) is 19.9 Å². The van der Waals surface area contributed by atoms with E-state index in [4.69, 9.17) is 0 Å². The predicted molar refractivity (Wildman–Crippen MR) is 86.8 cm³/mol. The molecule has 0 unspecified atom stereocenters. The Morgan fingerprint density at radius 3 is 2.87 bits per heavy atom. The minimum atomic E-state index is -0.305. The van der Waals surface area contributed by atoms with Crippen LogP contribution < -0.4 is 5.32 Å². The zero-order valence-corrected chi connectivity index (χ0v) is 13.1. The molecule has 1 N–H and O–H groups in total. The number of pyridine rings is 1. The summed E-state index contributed by atoms with van der Waals surface area (Å²) in [6.45, 7) is 0.465. The average molecular weight is 330 g/mol. The van der Waals surface area contributed by atoms with Crippen LogP contribution in [0.5, 0.6) is 0 Å². The Hall–Kier alpha value is -2.41. The number of halogens is 1. The zero-order chi connectivity index (χ0) is 16.1. The van der Waals surface area contributed by atoms with Gasteiger partial charge in [0.2, 0.25) is 5.91 Å². The van der Waals surface area contributed by atoms with Crippen molar-refractivity contribution in [1.29, 1.82) is 0 Å². The lowest BCUT2D eigenvalue weighted by Gasteiger charge is -2.05. The van der Waals surface area contributed by atoms with Gasteiger partial charge < -0.3 is 5.32 Å². The summed E-state index contributed by atoms with van der Waals surface area (Å²) in [7, 11) is 0. The number of rotatable bonds is 6. The highest BCUT2D eigenvalue weighted by Gasteiger charge is 2.08. The van der Waals surface area contributed by atoms with Gasteiger partial charge in [0.15, 0.2) is 5.65 Å². The molecule has 0 saturated carbocycles. The van der Waals surface area contributed by atoms with Crippen LogP contribution in [0.3, 0.4) is 0 Å². The van der Waals surface area contributed by atoms with Gasteiger partial charge in [0.25, 0.3) is 0 Å². The van der Waals surface area contributed by atoms with Gasteiger partial charge in [-0.3, -0.25) is 9.20 Å². The van der Waals surface area contributed by atoms with Gasteiger partial charge in [-0.25, -0.2) is 4.39 Å². The molecular weight excluding hydrogens is 315 g/mol. The third-order valence-electron chi connectivity index (χ3n) is 3.25. The van der Waals surface area contributed by atoms with Crippen molar-refractivity contribution in [3.63, 3.8) is 0 Å². The smallest absolute Gasteiger partial charge is 0.230 e. The van der Waals surface area contributed by atoms with Crippen LogP contribution in [0.1, 0.15) is 5.82 Å². The molecule has 0 radical (unpaired) electrons. The summed E-state index contributed by atoms with van der Waals surface area (Å²) >= 11 is 1.19. The Bertz CT molecular complexity index is 820. The second-order valence-electron chi connectivity index (χ2n) is 4.86. The molecule has 3 aromatic rings. The minimum absolute atomic E-state index is 0.132. The van der Waals surface area contributed by atoms with Gasteiger partial charge in [-0.15, -0.1) is 22.0 Å². The number of hydrogen-bond donors (Lipinski definition) is 1. The average Bonchev–Trinajstić information content (AvgIpc) is 2.98. The molecule has 0 saturated heterocycles. The van der Waals surface area contributed by atoms with Crippen molar-refractivity contribution in [3.05, 3.63) is 60.3 Å². The Kier molecular flexibility index (Phi) is 4.87. The summed E-state index contributed by atoms with van der Waals surface area (Å²) < 4.78 is 15.3. The molecule has 2 heterocycles. The first kappa shape index (κ1) is 15.5. The van der Waals surface area contributed by atoms with Crippen molar-refractivity contribution in [2.75, 3.05) is 12.3 Å². The first-order valence-electron chi connectivity index (χ1n) is 7.17. The summed E-state index contributed by atoms with van der Waals surface area (Å²) in [5.74, 6) is 0.539. The standard InChI is InChI=1S/C16H15FN4OS/c17-12-5-1-2-6-13(12)23-11-16(22)18-9-8-15-20-19-14-7-3-4-10-21(14)15/h1-7,10H,8-9,11H2,(H,18,22). The predicted octanol–water partition coefficient (Wildman–Crippen LogP) is 2.32. The fourth-order valence-electron chi connectivity index (χ4n) is 2.13. The van der Waals surface area contributed by atoms with Crippen molar-refractivity contribution in [3.8, 4) is 0 Å². The van der Waals surface area contributed by atoms with Gasteiger partial charge in [0, 0.05) is 24.1 Å². The number of aromatic nitrogens is 3. The summed E-state index contributed by atoms with van der Waals surface area (Å²) in [6.07, 6.45) is 2.47. The maximum Gasteiger partial charge on any atom is 0.230 e. The van der Waals surface area contributed by atoms with Crippen LogP contribution in [0.15, 0.2) is 53.6 Å². The SMILES string of the molecule is O=C(CSc1ccccc1F)NCCc1nnc2ccccn12. The third-order valence-corrected chi connectivity index (χ3v) is 4.30. The number of thioether (sulfide) groups is 1. The number of carbonyl (C=O) groups excluding carboxylic acids is 1. The van der Waals surface area contributed by atoms with E-state index in [1.807, 2.05) is 28.8 Å². The topological polar surface area (TPSA) is 59.3 Å². The maximum absolute atomic E-state index is 13.5. The molecule has 0 bridgehead atoms. The van der Waals surface area contributed by atoms with E-state index < -0.39 is 0 Å². The van der Waals surface area contributed by atoms with E-state index in [2.05, 4.69) is 15.5 Å². The molecule has 23 heavy (non-hydrogen) atoms. The molecule has 0 fully saturated rings. The molecule has 1 amide bonds. The highest BCUT2D eigenvalue weighted by Crippen LogP contribution is 2.20. The Labute approximate surface area is 136 Å². The number of nitrogens with zero attached hydrogens (tertiary/aromatic N) is 3. The molecule has 0 aliphatic heterocycles. The Morgan fingerprint density at radius 2 is 2.00 bits per heavy atom. The molecule has 1 aromatic carbocycles. The van der Waals surface area contributed by atoms with Crippen LogP contribution in [-0.4, -0.2) is 32.8 Å². The molecule has 0 spiro atoms. The van der Waals surface area contributed by atoms with Crippen LogP contribution in [-0.2, 0) is 11.2 Å². The second kappa shape index (κ2) is 7.23. The number of hydrogen-bond acceptors (Lipinski definition) is 4. The highest BCUT2D eigenvalue weighted by molar-refractivity contribution is 8.00. The second-order valence-corrected chi connectivity index (χ2v) is 5.88. The van der Waals surface area contributed by atoms with Crippen LogP contribution in [0.4, 0.5) is 4.39 Å². The fraction of sp³-hybridized carbons (Fsp3) is 0.188. The molecule has 3 rings (SSSR count). The number of amides is 1. The van der Waals surface area contributed by atoms with Crippen LogP contribution in [0, 0.1) is 5.82 Å². The van der Waals surface area contributed by atoms with E-state index in [-0.39, 0.29) is 17.5 Å². The first-order chi connectivity index (χ1) is 11.2. The lowest BCUT2D eigenvalue weighted by atomic mass is 10.3. The van der Waals surface area contributed by atoms with E-state index in [9.17, 15) is 9.18 Å². The van der Waals surface area contributed by atoms with Gasteiger partial charge in [-0.1, -0.05) is 18.2 Å². The van der Waals surface area contributed by atoms with Gasteiger partial charge in [0.05, 0.1) is 5.75 Å². The van der Waals surface area contributed by atoms with Gasteiger partial charge in [-0.05, 0) is 24.3 Å². The van der Waals surface area contributed by atoms with E-state index in [0.717, 1.165) is 11.5 Å². The summed E-state index contributed by atoms with van der Waals surface area (Å²) in [4.78, 5) is 12.3. The summed E-state index contributed by atoms with van der Waals surface area (Å²) in [5, 5.41) is 11.0. The third kappa shape index (κ3) is 3.87. The first-order valence-corrected chi connectivity index (χ1v) is 8.15. The maximum atomic E-state index is 13.5. The molecule has 5 nitrogen and oxygen atoms in total. The van der Waals surface area contributed by atoms with Crippen LogP contribution in [0.2, 0.25) is 0 Å². The molecule has 2 aromatic heterocycles. The van der Waals surface area contributed by atoms with E-state index in [1.165, 1.54) is 17.8 Å². The molecule has 0 aliphatic carbocycles. The van der Waals surface area contributed by atoms with Gasteiger partial charge in [0.1, 0.15) is 11.6 Å². The number of benzene rings is 1. The molecule has 0 aliphatic rings. The molecule has 7 heteroatoms. The van der Waals surface area contributed by atoms with E-state index in [1.54, 1.807) is 18.2 Å². The zero-order valence-electron chi connectivity index (χ0n) is 12.3. The number of fused-ring (bicyclic) bond motifs is 1. The Balaban J connectivity index is 1.47. The normalized spacial score (nSPS) is 10.8. The lowest BCUT2D eigenvalue weighted by molar-refractivity contribution is -0.118. The van der Waals surface area contributed by atoms with Crippen LogP contribution >= 0.6 is 11.8 Å². The molecule has 118 valence electrons. The quantitative estimate of drug-likeness (QED) is 0.705. The van der Waals surface area contributed by atoms with Gasteiger partial charge in [-0.2, -0.15) is 0 Å². The largest absolute Gasteiger partial charge is 0.355 e. The Morgan fingerprint density at radius 1 is 1.17 bits per heavy atom. The van der Waals surface area contributed by atoms with Gasteiger partial charge >= 0.3 is 0 Å². The number of carbonyl (C=O) groups is 1. The van der Waals surface area contributed by atoms with Crippen molar-refractivity contribution in [2.45, 2.75) is 11.3 Å².